The van der Waals surface area contributed by atoms with Crippen LogP contribution in [0.4, 0.5) is 0 Å². The minimum atomic E-state index is -0.300. The molecule has 1 fully saturated rings. The largest absolute Gasteiger partial charge is 0.379 e. The second-order valence-corrected chi connectivity index (χ2v) is 5.61. The van der Waals surface area contributed by atoms with E-state index < -0.39 is 0 Å². The predicted octanol–water partition coefficient (Wildman–Crippen LogP) is 1.56. The lowest BCUT2D eigenvalue weighted by Crippen LogP contribution is -2.50. The molecule has 2 aromatic rings. The number of ether oxygens (including phenoxy) is 2. The molecule has 3 rings (SSSR count). The number of carbonyl (C=O) groups excluding carboxylic acids is 1. The minimum Gasteiger partial charge on any atom is -0.379 e. The van der Waals surface area contributed by atoms with Crippen molar-refractivity contribution in [2.24, 2.45) is 0 Å². The summed E-state index contributed by atoms with van der Waals surface area (Å²) in [5.41, 5.74) is 1.08. The van der Waals surface area contributed by atoms with Crippen LogP contribution in [-0.2, 0) is 16.1 Å². The van der Waals surface area contributed by atoms with Gasteiger partial charge < -0.3 is 14.8 Å². The van der Waals surface area contributed by atoms with Gasteiger partial charge in [-0.05, 0) is 18.6 Å². The van der Waals surface area contributed by atoms with Crippen molar-refractivity contribution in [3.8, 4) is 0 Å². The van der Waals surface area contributed by atoms with Crippen molar-refractivity contribution in [3.05, 3.63) is 47.0 Å². The van der Waals surface area contributed by atoms with Gasteiger partial charge in [0.05, 0.1) is 36.2 Å². The van der Waals surface area contributed by atoms with Crippen LogP contribution in [0.2, 0.25) is 5.02 Å². The fraction of sp³-hybridized carbons (Fsp3) is 0.400. The highest BCUT2D eigenvalue weighted by atomic mass is 35.5. The Labute approximate surface area is 138 Å². The average molecular weight is 337 g/mol. The van der Waals surface area contributed by atoms with Crippen molar-refractivity contribution in [1.29, 1.82) is 0 Å². The molecule has 0 aromatic carbocycles. The van der Waals surface area contributed by atoms with Gasteiger partial charge in [-0.3, -0.25) is 14.9 Å². The van der Waals surface area contributed by atoms with E-state index in [0.29, 0.717) is 31.3 Å². The van der Waals surface area contributed by atoms with Crippen molar-refractivity contribution < 1.29 is 14.3 Å². The van der Waals surface area contributed by atoms with Crippen LogP contribution in [0.5, 0.6) is 0 Å². The molecule has 1 aliphatic rings. The van der Waals surface area contributed by atoms with Crippen molar-refractivity contribution >= 4 is 17.5 Å². The topological polar surface area (TPSA) is 89.1 Å². The lowest BCUT2D eigenvalue weighted by atomic mass is 10.1. The molecule has 0 unspecified atom stereocenters. The molecule has 0 saturated carbocycles. The van der Waals surface area contributed by atoms with Crippen molar-refractivity contribution in [2.75, 3.05) is 13.2 Å². The molecule has 2 N–H and O–H groups in total. The van der Waals surface area contributed by atoms with E-state index in [1.807, 2.05) is 18.2 Å². The highest BCUT2D eigenvalue weighted by Crippen LogP contribution is 2.16. The first-order valence-corrected chi connectivity index (χ1v) is 7.71. The normalized spacial score (nSPS) is 21.1. The Morgan fingerprint density at radius 1 is 1.52 bits per heavy atom. The van der Waals surface area contributed by atoms with Crippen LogP contribution in [0.25, 0.3) is 0 Å². The van der Waals surface area contributed by atoms with E-state index in [9.17, 15) is 4.79 Å². The van der Waals surface area contributed by atoms with Crippen LogP contribution in [0.1, 0.15) is 22.6 Å². The third kappa shape index (κ3) is 4.07. The third-order valence-electron chi connectivity index (χ3n) is 3.61. The summed E-state index contributed by atoms with van der Waals surface area (Å²) in [7, 11) is 0. The Morgan fingerprint density at radius 3 is 3.17 bits per heavy atom. The predicted molar refractivity (Wildman–Crippen MR) is 83.1 cm³/mol. The summed E-state index contributed by atoms with van der Waals surface area (Å²) in [6.07, 6.45) is 3.55. The maximum Gasteiger partial charge on any atom is 0.271 e. The molecule has 23 heavy (non-hydrogen) atoms. The summed E-state index contributed by atoms with van der Waals surface area (Å²) in [4.78, 5) is 16.5. The quantitative estimate of drug-likeness (QED) is 0.865. The van der Waals surface area contributed by atoms with E-state index in [-0.39, 0.29) is 23.7 Å². The lowest BCUT2D eigenvalue weighted by Gasteiger charge is -2.31. The average Bonchev–Trinajstić information content (AvgIpc) is 3.01. The van der Waals surface area contributed by atoms with E-state index in [2.05, 4.69) is 20.5 Å². The Balaban J connectivity index is 1.60. The standard InChI is InChI=1S/C15H17ClN4O3/c16-11-7-18-20-14(11)15(21)19-12-4-6-22-9-13(12)23-8-10-3-1-2-5-17-10/h1-3,5,7,12-13H,4,6,8-9H2,(H,18,20)(H,19,21)/t12-,13-/m1/s1. The van der Waals surface area contributed by atoms with Crippen LogP contribution in [0, 0.1) is 0 Å². The summed E-state index contributed by atoms with van der Waals surface area (Å²) in [5, 5.41) is 9.56. The summed E-state index contributed by atoms with van der Waals surface area (Å²) in [6, 6.07) is 5.49. The fourth-order valence-electron chi connectivity index (χ4n) is 2.39. The number of hydrogen-bond acceptors (Lipinski definition) is 5. The van der Waals surface area contributed by atoms with Crippen molar-refractivity contribution in [3.63, 3.8) is 0 Å². The van der Waals surface area contributed by atoms with Crippen LogP contribution >= 0.6 is 11.6 Å². The molecule has 2 atom stereocenters. The SMILES string of the molecule is O=C(N[C@@H]1CCOC[C@H]1OCc1ccccn1)c1[nH]ncc1Cl. The molecule has 1 saturated heterocycles. The molecule has 1 aliphatic heterocycles. The van der Waals surface area contributed by atoms with Gasteiger partial charge in [0.15, 0.2) is 0 Å². The third-order valence-corrected chi connectivity index (χ3v) is 3.90. The van der Waals surface area contributed by atoms with Crippen LogP contribution in [0.3, 0.4) is 0 Å². The number of nitrogens with zero attached hydrogens (tertiary/aromatic N) is 2. The summed E-state index contributed by atoms with van der Waals surface area (Å²) in [5.74, 6) is -0.300. The first kappa shape index (κ1) is 15.9. The molecule has 0 bridgehead atoms. The molecule has 2 aromatic heterocycles. The number of hydrogen-bond donors (Lipinski definition) is 2. The van der Waals surface area contributed by atoms with Gasteiger partial charge in [-0.1, -0.05) is 17.7 Å². The Kier molecular flexibility index (Phi) is 5.22. The maximum absolute atomic E-state index is 12.2. The summed E-state index contributed by atoms with van der Waals surface area (Å²) >= 11 is 5.91. The number of H-pyrrole nitrogens is 1. The number of rotatable bonds is 5. The molecule has 0 spiro atoms. The molecule has 0 radical (unpaired) electrons. The van der Waals surface area contributed by atoms with E-state index in [0.717, 1.165) is 5.69 Å². The Morgan fingerprint density at radius 2 is 2.43 bits per heavy atom. The minimum absolute atomic E-state index is 0.153. The first-order chi connectivity index (χ1) is 11.2. The second-order valence-electron chi connectivity index (χ2n) is 5.21. The highest BCUT2D eigenvalue weighted by Gasteiger charge is 2.29. The van der Waals surface area contributed by atoms with Crippen molar-refractivity contribution in [1.82, 2.24) is 20.5 Å². The number of aromatic amines is 1. The summed E-state index contributed by atoms with van der Waals surface area (Å²) < 4.78 is 11.3. The van der Waals surface area contributed by atoms with E-state index >= 15 is 0 Å². The monoisotopic (exact) mass is 336 g/mol. The van der Waals surface area contributed by atoms with E-state index in [1.165, 1.54) is 6.20 Å². The van der Waals surface area contributed by atoms with Gasteiger partial charge in [-0.2, -0.15) is 5.10 Å². The van der Waals surface area contributed by atoms with Gasteiger partial charge in [0.25, 0.3) is 5.91 Å². The van der Waals surface area contributed by atoms with Gasteiger partial charge in [-0.25, -0.2) is 0 Å². The van der Waals surface area contributed by atoms with Gasteiger partial charge >= 0.3 is 0 Å². The van der Waals surface area contributed by atoms with Crippen LogP contribution < -0.4 is 5.32 Å². The fourth-order valence-corrected chi connectivity index (χ4v) is 2.57. The van der Waals surface area contributed by atoms with Gasteiger partial charge in [0, 0.05) is 12.8 Å². The molecular formula is C15H17ClN4O3. The van der Waals surface area contributed by atoms with Crippen molar-refractivity contribution in [2.45, 2.75) is 25.2 Å². The molecular weight excluding hydrogens is 320 g/mol. The zero-order valence-corrected chi connectivity index (χ0v) is 13.1. The van der Waals surface area contributed by atoms with Crippen LogP contribution in [0.15, 0.2) is 30.6 Å². The van der Waals surface area contributed by atoms with E-state index in [4.69, 9.17) is 21.1 Å². The molecule has 0 aliphatic carbocycles. The first-order valence-electron chi connectivity index (χ1n) is 7.33. The molecule has 7 nitrogen and oxygen atoms in total. The molecule has 122 valence electrons. The number of halogens is 1. The smallest absolute Gasteiger partial charge is 0.271 e. The zero-order chi connectivity index (χ0) is 16.1. The van der Waals surface area contributed by atoms with E-state index in [1.54, 1.807) is 6.20 Å². The van der Waals surface area contributed by atoms with Gasteiger partial charge in [0.2, 0.25) is 0 Å². The lowest BCUT2D eigenvalue weighted by molar-refractivity contribution is -0.0743. The number of nitrogens with one attached hydrogen (secondary N) is 2. The zero-order valence-electron chi connectivity index (χ0n) is 12.4. The van der Waals surface area contributed by atoms with Gasteiger partial charge in [-0.15, -0.1) is 0 Å². The number of pyridine rings is 1. The molecule has 8 heteroatoms. The molecule has 3 heterocycles. The second kappa shape index (κ2) is 7.54. The summed E-state index contributed by atoms with van der Waals surface area (Å²) in [6.45, 7) is 1.37. The number of carbonyl (C=O) groups is 1. The van der Waals surface area contributed by atoms with Gasteiger partial charge in [0.1, 0.15) is 11.8 Å². The maximum atomic E-state index is 12.2. The number of aromatic nitrogens is 3. The number of amides is 1. The highest BCUT2D eigenvalue weighted by molar-refractivity contribution is 6.33. The Hall–Kier alpha value is -1.96. The Bertz CT molecular complexity index is 649. The molecule has 1 amide bonds. The van der Waals surface area contributed by atoms with Crippen LogP contribution in [-0.4, -0.2) is 46.4 Å².